The van der Waals surface area contributed by atoms with Crippen molar-refractivity contribution >= 4 is 22.9 Å². The molecule has 2 bridgehead atoms. The zero-order valence-electron chi connectivity index (χ0n) is 11.1. The summed E-state index contributed by atoms with van der Waals surface area (Å²) < 4.78 is 0.824. The predicted molar refractivity (Wildman–Crippen MR) is 79.6 cm³/mol. The highest BCUT2D eigenvalue weighted by Gasteiger charge is 2.45. The smallest absolute Gasteiger partial charge is 0.0931 e. The Balaban J connectivity index is 1.89. The summed E-state index contributed by atoms with van der Waals surface area (Å²) in [6, 6.07) is 5.33. The zero-order chi connectivity index (χ0) is 13.6. The average molecular weight is 301 g/mol. The average Bonchev–Trinajstić information content (AvgIpc) is 2.84. The van der Waals surface area contributed by atoms with Gasteiger partial charge in [0.2, 0.25) is 0 Å². The highest BCUT2D eigenvalue weighted by Crippen LogP contribution is 2.44. The van der Waals surface area contributed by atoms with Gasteiger partial charge in [0, 0.05) is 23.0 Å². The Morgan fingerprint density at radius 2 is 2.00 bits per heavy atom. The molecule has 3 heterocycles. The van der Waals surface area contributed by atoms with Crippen molar-refractivity contribution in [1.82, 2.24) is 4.90 Å². The Labute approximate surface area is 123 Å². The molecule has 3 nitrogen and oxygen atoms in total. The van der Waals surface area contributed by atoms with Gasteiger partial charge in [0.05, 0.1) is 16.5 Å². The van der Waals surface area contributed by atoms with E-state index in [9.17, 15) is 5.11 Å². The number of rotatable bonds is 3. The molecule has 3 rings (SSSR count). The molecule has 0 aliphatic carbocycles. The maximum absolute atomic E-state index is 9.93. The molecule has 19 heavy (non-hydrogen) atoms. The second-order valence-corrected chi connectivity index (χ2v) is 7.65. The van der Waals surface area contributed by atoms with Crippen LogP contribution in [0.15, 0.2) is 12.1 Å². The number of aliphatic hydroxyl groups excluding tert-OH is 1. The van der Waals surface area contributed by atoms with E-state index in [2.05, 4.69) is 17.9 Å². The molecule has 1 aromatic rings. The number of fused-ring (bicyclic) bond motifs is 2. The lowest BCUT2D eigenvalue weighted by molar-refractivity contribution is 0.00506. The van der Waals surface area contributed by atoms with Gasteiger partial charge < -0.3 is 10.8 Å². The second-order valence-electron chi connectivity index (χ2n) is 5.90. The molecule has 0 saturated carbocycles. The Bertz CT molecular complexity index is 436. The number of thiophene rings is 1. The molecule has 0 amide bonds. The van der Waals surface area contributed by atoms with Gasteiger partial charge >= 0.3 is 0 Å². The highest BCUT2D eigenvalue weighted by molar-refractivity contribution is 7.16. The van der Waals surface area contributed by atoms with Gasteiger partial charge in [-0.05, 0) is 44.7 Å². The molecular weight excluding hydrogens is 280 g/mol. The Morgan fingerprint density at radius 3 is 2.47 bits per heavy atom. The van der Waals surface area contributed by atoms with Crippen molar-refractivity contribution in [2.75, 3.05) is 0 Å². The Morgan fingerprint density at radius 1 is 1.37 bits per heavy atom. The first-order valence-corrected chi connectivity index (χ1v) is 8.22. The Kier molecular flexibility index (Phi) is 3.89. The number of nitrogens with two attached hydrogens (primary N) is 1. The van der Waals surface area contributed by atoms with Gasteiger partial charge in [0.25, 0.3) is 0 Å². The largest absolute Gasteiger partial charge is 0.393 e. The second kappa shape index (κ2) is 5.34. The van der Waals surface area contributed by atoms with Crippen molar-refractivity contribution in [3.05, 3.63) is 21.3 Å². The molecule has 2 saturated heterocycles. The molecule has 2 aliphatic heterocycles. The standard InChI is InChI=1S/C14H21ClN2OS/c1-8(16)14(12-4-5-13(15)19-12)17-9-2-3-10(17)7-11(18)6-9/h4-5,8-11,14,18H,2-3,6-7,16H2,1H3. The third-order valence-electron chi connectivity index (χ3n) is 4.47. The maximum atomic E-state index is 9.93. The number of hydrogen-bond donors (Lipinski definition) is 2. The van der Waals surface area contributed by atoms with Crippen LogP contribution in [0.3, 0.4) is 0 Å². The molecule has 2 fully saturated rings. The van der Waals surface area contributed by atoms with E-state index in [4.69, 9.17) is 17.3 Å². The molecule has 3 N–H and O–H groups in total. The van der Waals surface area contributed by atoms with E-state index >= 15 is 0 Å². The van der Waals surface area contributed by atoms with Gasteiger partial charge in [0.15, 0.2) is 0 Å². The van der Waals surface area contributed by atoms with Crippen molar-refractivity contribution in [2.24, 2.45) is 5.73 Å². The van der Waals surface area contributed by atoms with Gasteiger partial charge in [-0.3, -0.25) is 4.90 Å². The first-order chi connectivity index (χ1) is 9.06. The minimum Gasteiger partial charge on any atom is -0.393 e. The summed E-state index contributed by atoms with van der Waals surface area (Å²) in [4.78, 5) is 3.81. The molecule has 4 atom stereocenters. The highest BCUT2D eigenvalue weighted by atomic mass is 35.5. The van der Waals surface area contributed by atoms with Crippen molar-refractivity contribution in [1.29, 1.82) is 0 Å². The van der Waals surface area contributed by atoms with Crippen LogP contribution in [0.4, 0.5) is 0 Å². The topological polar surface area (TPSA) is 49.5 Å². The first-order valence-electron chi connectivity index (χ1n) is 7.02. The van der Waals surface area contributed by atoms with E-state index in [1.165, 1.54) is 17.7 Å². The van der Waals surface area contributed by atoms with Crippen molar-refractivity contribution in [3.63, 3.8) is 0 Å². The van der Waals surface area contributed by atoms with Gasteiger partial charge in [-0.25, -0.2) is 0 Å². The van der Waals surface area contributed by atoms with Gasteiger partial charge in [0.1, 0.15) is 0 Å². The lowest BCUT2D eigenvalue weighted by Gasteiger charge is -2.43. The third-order valence-corrected chi connectivity index (χ3v) is 5.77. The van der Waals surface area contributed by atoms with Crippen LogP contribution in [-0.4, -0.2) is 34.2 Å². The fourth-order valence-corrected chi connectivity index (χ4v) is 5.09. The minimum atomic E-state index is -0.130. The van der Waals surface area contributed by atoms with E-state index < -0.39 is 0 Å². The summed E-state index contributed by atoms with van der Waals surface area (Å²) in [7, 11) is 0. The first kappa shape index (κ1) is 13.8. The van der Waals surface area contributed by atoms with Crippen LogP contribution < -0.4 is 5.73 Å². The molecule has 2 aliphatic rings. The van der Waals surface area contributed by atoms with Gasteiger partial charge in [-0.2, -0.15) is 0 Å². The van der Waals surface area contributed by atoms with E-state index in [-0.39, 0.29) is 18.2 Å². The SMILES string of the molecule is CC(N)C(c1ccc(Cl)s1)N1C2CCC1CC(O)C2. The molecule has 106 valence electrons. The van der Waals surface area contributed by atoms with Crippen molar-refractivity contribution in [3.8, 4) is 0 Å². The quantitative estimate of drug-likeness (QED) is 0.902. The summed E-state index contributed by atoms with van der Waals surface area (Å²) in [6.07, 6.45) is 4.01. The molecule has 1 aromatic heterocycles. The van der Waals surface area contributed by atoms with Crippen LogP contribution >= 0.6 is 22.9 Å². The van der Waals surface area contributed by atoms with E-state index in [0.29, 0.717) is 12.1 Å². The van der Waals surface area contributed by atoms with Crippen LogP contribution in [-0.2, 0) is 0 Å². The molecule has 4 unspecified atom stereocenters. The minimum absolute atomic E-state index is 0.0769. The van der Waals surface area contributed by atoms with Crippen molar-refractivity contribution < 1.29 is 5.11 Å². The number of piperidine rings is 1. The van der Waals surface area contributed by atoms with Gasteiger partial charge in [-0.15, -0.1) is 11.3 Å². The fourth-order valence-electron chi connectivity index (χ4n) is 3.80. The number of hydrogen-bond acceptors (Lipinski definition) is 4. The molecular formula is C14H21ClN2OS. The summed E-state index contributed by atoms with van der Waals surface area (Å²) in [5.74, 6) is 0. The molecule has 0 radical (unpaired) electrons. The number of halogens is 1. The lowest BCUT2D eigenvalue weighted by Crippen LogP contribution is -2.50. The maximum Gasteiger partial charge on any atom is 0.0931 e. The number of aliphatic hydroxyl groups is 1. The monoisotopic (exact) mass is 300 g/mol. The molecule has 0 aromatic carbocycles. The lowest BCUT2D eigenvalue weighted by atomic mass is 9.95. The predicted octanol–water partition coefficient (Wildman–Crippen LogP) is 2.78. The molecule has 5 heteroatoms. The normalized spacial score (nSPS) is 34.4. The summed E-state index contributed by atoms with van der Waals surface area (Å²) in [5, 5.41) is 9.93. The van der Waals surface area contributed by atoms with Crippen LogP contribution in [0.2, 0.25) is 4.34 Å². The Hall–Kier alpha value is -0.130. The van der Waals surface area contributed by atoms with Crippen LogP contribution in [0.25, 0.3) is 0 Å². The fraction of sp³-hybridized carbons (Fsp3) is 0.714. The summed E-state index contributed by atoms with van der Waals surface area (Å²) in [5.41, 5.74) is 6.26. The van der Waals surface area contributed by atoms with Crippen molar-refractivity contribution in [2.45, 2.75) is 62.9 Å². The van der Waals surface area contributed by atoms with Crippen LogP contribution in [0.1, 0.15) is 43.5 Å². The summed E-state index contributed by atoms with van der Waals surface area (Å²) >= 11 is 7.71. The van der Waals surface area contributed by atoms with Gasteiger partial charge in [-0.1, -0.05) is 11.6 Å². The van der Waals surface area contributed by atoms with E-state index in [0.717, 1.165) is 17.2 Å². The molecule has 0 spiro atoms. The third kappa shape index (κ3) is 2.57. The van der Waals surface area contributed by atoms with Crippen LogP contribution in [0, 0.1) is 0 Å². The van der Waals surface area contributed by atoms with E-state index in [1.54, 1.807) is 11.3 Å². The summed E-state index contributed by atoms with van der Waals surface area (Å²) in [6.45, 7) is 2.07. The number of nitrogens with zero attached hydrogens (tertiary/aromatic N) is 1. The zero-order valence-corrected chi connectivity index (χ0v) is 12.7. The van der Waals surface area contributed by atoms with Crippen LogP contribution in [0.5, 0.6) is 0 Å². The van der Waals surface area contributed by atoms with E-state index in [1.807, 2.05) is 6.07 Å².